The van der Waals surface area contributed by atoms with E-state index in [1.165, 1.54) is 11.1 Å². The summed E-state index contributed by atoms with van der Waals surface area (Å²) in [6, 6.07) is 8.60. The Morgan fingerprint density at radius 2 is 1.95 bits per heavy atom. The van der Waals surface area contributed by atoms with Gasteiger partial charge >= 0.3 is 0 Å². The summed E-state index contributed by atoms with van der Waals surface area (Å²) in [5.41, 5.74) is 8.32. The molecule has 0 radical (unpaired) electrons. The summed E-state index contributed by atoms with van der Waals surface area (Å²) < 4.78 is 0. The lowest BCUT2D eigenvalue weighted by Crippen LogP contribution is -2.36. The van der Waals surface area contributed by atoms with Crippen LogP contribution >= 0.6 is 0 Å². The number of nitrogens with two attached hydrogens (primary N) is 1. The van der Waals surface area contributed by atoms with Gasteiger partial charge in [-0.3, -0.25) is 4.79 Å². The molecule has 1 aliphatic rings. The Morgan fingerprint density at radius 1 is 1.29 bits per heavy atom. The fraction of sp³-hybridized carbons (Fsp3) is 0.500. The summed E-state index contributed by atoms with van der Waals surface area (Å²) in [6.45, 7) is 6.41. The highest BCUT2D eigenvalue weighted by molar-refractivity contribution is 5.81. The predicted molar refractivity (Wildman–Crippen MR) is 86.8 cm³/mol. The second-order valence-electron chi connectivity index (χ2n) is 6.22. The molecule has 0 aliphatic heterocycles. The monoisotopic (exact) mass is 286 g/mol. The summed E-state index contributed by atoms with van der Waals surface area (Å²) >= 11 is 0. The van der Waals surface area contributed by atoms with E-state index < -0.39 is 0 Å². The lowest BCUT2D eigenvalue weighted by atomic mass is 9.94. The van der Waals surface area contributed by atoms with E-state index in [1.807, 2.05) is 12.2 Å². The molecule has 3 heteroatoms. The van der Waals surface area contributed by atoms with E-state index in [0.29, 0.717) is 12.3 Å². The van der Waals surface area contributed by atoms with Gasteiger partial charge in [0.15, 0.2) is 0 Å². The summed E-state index contributed by atoms with van der Waals surface area (Å²) in [4.78, 5) is 12.4. The molecule has 0 saturated carbocycles. The molecule has 1 amide bonds. The fourth-order valence-corrected chi connectivity index (χ4v) is 2.78. The van der Waals surface area contributed by atoms with E-state index in [4.69, 9.17) is 5.73 Å². The van der Waals surface area contributed by atoms with Crippen LogP contribution in [0.1, 0.15) is 44.4 Å². The fourth-order valence-electron chi connectivity index (χ4n) is 2.78. The lowest BCUT2D eigenvalue weighted by molar-refractivity contribution is -0.124. The SMILES string of the molecule is CCc1ccc(C(NC(=O)C2C=CC(N)C2)C(C)C)cc1. The van der Waals surface area contributed by atoms with Crippen molar-refractivity contribution in [2.45, 2.75) is 45.7 Å². The third-order valence-corrected chi connectivity index (χ3v) is 4.16. The van der Waals surface area contributed by atoms with Gasteiger partial charge in [-0.2, -0.15) is 0 Å². The van der Waals surface area contributed by atoms with E-state index in [1.54, 1.807) is 0 Å². The van der Waals surface area contributed by atoms with E-state index in [2.05, 4.69) is 50.4 Å². The summed E-state index contributed by atoms with van der Waals surface area (Å²) in [5, 5.41) is 3.19. The maximum Gasteiger partial charge on any atom is 0.227 e. The maximum atomic E-state index is 12.4. The van der Waals surface area contributed by atoms with E-state index in [9.17, 15) is 4.79 Å². The number of aryl methyl sites for hydroxylation is 1. The van der Waals surface area contributed by atoms with Gasteiger partial charge in [0.25, 0.3) is 0 Å². The molecule has 3 unspecified atom stereocenters. The molecule has 2 rings (SSSR count). The van der Waals surface area contributed by atoms with Gasteiger partial charge in [-0.15, -0.1) is 0 Å². The molecule has 0 fully saturated rings. The van der Waals surface area contributed by atoms with Crippen molar-refractivity contribution in [1.82, 2.24) is 5.32 Å². The predicted octanol–water partition coefficient (Wildman–Crippen LogP) is 2.97. The van der Waals surface area contributed by atoms with Gasteiger partial charge in [-0.25, -0.2) is 0 Å². The molecule has 0 heterocycles. The van der Waals surface area contributed by atoms with E-state index in [0.717, 1.165) is 6.42 Å². The highest BCUT2D eigenvalue weighted by Crippen LogP contribution is 2.24. The first kappa shape index (κ1) is 15.8. The highest BCUT2D eigenvalue weighted by Gasteiger charge is 2.26. The van der Waals surface area contributed by atoms with Crippen LogP contribution in [0.2, 0.25) is 0 Å². The molecule has 1 aliphatic carbocycles. The molecule has 0 saturated heterocycles. The van der Waals surface area contributed by atoms with Gasteiger partial charge < -0.3 is 11.1 Å². The normalized spacial score (nSPS) is 22.5. The van der Waals surface area contributed by atoms with Gasteiger partial charge in [-0.05, 0) is 29.9 Å². The summed E-state index contributed by atoms with van der Waals surface area (Å²) in [7, 11) is 0. The molecule has 1 aromatic carbocycles. The third kappa shape index (κ3) is 3.94. The molecule has 1 aromatic rings. The minimum atomic E-state index is -0.0869. The topological polar surface area (TPSA) is 55.1 Å². The molecule has 3 atom stereocenters. The number of nitrogens with one attached hydrogen (secondary N) is 1. The van der Waals surface area contributed by atoms with Crippen molar-refractivity contribution in [2.75, 3.05) is 0 Å². The van der Waals surface area contributed by atoms with Crippen molar-refractivity contribution >= 4 is 5.91 Å². The van der Waals surface area contributed by atoms with Gasteiger partial charge in [0.2, 0.25) is 5.91 Å². The highest BCUT2D eigenvalue weighted by atomic mass is 16.1. The Morgan fingerprint density at radius 3 is 2.43 bits per heavy atom. The smallest absolute Gasteiger partial charge is 0.227 e. The first-order valence-corrected chi connectivity index (χ1v) is 7.84. The Kier molecular flexibility index (Phi) is 5.18. The molecule has 114 valence electrons. The minimum absolute atomic E-state index is 0.0158. The second kappa shape index (κ2) is 6.90. The summed E-state index contributed by atoms with van der Waals surface area (Å²) in [5.74, 6) is 0.342. The zero-order valence-corrected chi connectivity index (χ0v) is 13.2. The van der Waals surface area contributed by atoms with Crippen LogP contribution in [0.25, 0.3) is 0 Å². The standard InChI is InChI=1S/C18H26N2O/c1-4-13-5-7-14(8-6-13)17(12(2)3)20-18(21)15-9-10-16(19)11-15/h5-10,12,15-17H,4,11,19H2,1-3H3,(H,20,21). The molecule has 0 bridgehead atoms. The average molecular weight is 286 g/mol. The largest absolute Gasteiger partial charge is 0.349 e. The number of hydrogen-bond donors (Lipinski definition) is 2. The van der Waals surface area contributed by atoms with Gasteiger partial charge in [0, 0.05) is 6.04 Å². The molecule has 21 heavy (non-hydrogen) atoms. The van der Waals surface area contributed by atoms with Crippen LogP contribution in [-0.2, 0) is 11.2 Å². The Hall–Kier alpha value is -1.61. The van der Waals surface area contributed by atoms with Crippen LogP contribution in [0, 0.1) is 11.8 Å². The Bertz CT molecular complexity index is 504. The van der Waals surface area contributed by atoms with Gasteiger partial charge in [-0.1, -0.05) is 57.2 Å². The van der Waals surface area contributed by atoms with Crippen molar-refractivity contribution < 1.29 is 4.79 Å². The number of benzene rings is 1. The van der Waals surface area contributed by atoms with Crippen molar-refractivity contribution in [1.29, 1.82) is 0 Å². The van der Waals surface area contributed by atoms with Crippen LogP contribution in [0.5, 0.6) is 0 Å². The van der Waals surface area contributed by atoms with Gasteiger partial charge in [0.05, 0.1) is 12.0 Å². The molecule has 0 aromatic heterocycles. The van der Waals surface area contributed by atoms with E-state index >= 15 is 0 Å². The molecule has 0 spiro atoms. The number of rotatable bonds is 5. The van der Waals surface area contributed by atoms with Crippen LogP contribution in [-0.4, -0.2) is 11.9 Å². The van der Waals surface area contributed by atoms with E-state index in [-0.39, 0.29) is 23.9 Å². The number of carbonyl (C=O) groups is 1. The van der Waals surface area contributed by atoms with Crippen LogP contribution in [0.15, 0.2) is 36.4 Å². The minimum Gasteiger partial charge on any atom is -0.349 e. The second-order valence-corrected chi connectivity index (χ2v) is 6.22. The molecular formula is C18H26N2O. The first-order valence-electron chi connectivity index (χ1n) is 7.84. The first-order chi connectivity index (χ1) is 10.0. The van der Waals surface area contributed by atoms with Crippen molar-refractivity contribution in [3.63, 3.8) is 0 Å². The van der Waals surface area contributed by atoms with Crippen molar-refractivity contribution in [3.8, 4) is 0 Å². The van der Waals surface area contributed by atoms with Crippen LogP contribution in [0.4, 0.5) is 0 Å². The van der Waals surface area contributed by atoms with Crippen LogP contribution < -0.4 is 11.1 Å². The summed E-state index contributed by atoms with van der Waals surface area (Å²) in [6.07, 6.45) is 5.59. The molecule has 3 N–H and O–H groups in total. The maximum absolute atomic E-state index is 12.4. The Balaban J connectivity index is 2.08. The van der Waals surface area contributed by atoms with Gasteiger partial charge in [0.1, 0.15) is 0 Å². The number of hydrogen-bond acceptors (Lipinski definition) is 2. The van der Waals surface area contributed by atoms with Crippen molar-refractivity contribution in [3.05, 3.63) is 47.5 Å². The molecule has 3 nitrogen and oxygen atoms in total. The van der Waals surface area contributed by atoms with Crippen LogP contribution in [0.3, 0.4) is 0 Å². The third-order valence-electron chi connectivity index (χ3n) is 4.16. The Labute approximate surface area is 127 Å². The zero-order valence-electron chi connectivity index (χ0n) is 13.2. The average Bonchev–Trinajstić information content (AvgIpc) is 2.91. The quantitative estimate of drug-likeness (QED) is 0.818. The zero-order chi connectivity index (χ0) is 15.4. The number of carbonyl (C=O) groups excluding carboxylic acids is 1. The number of amides is 1. The molecular weight excluding hydrogens is 260 g/mol. The van der Waals surface area contributed by atoms with Crippen molar-refractivity contribution in [2.24, 2.45) is 17.6 Å². The lowest BCUT2D eigenvalue weighted by Gasteiger charge is -2.24.